The second-order valence-electron chi connectivity index (χ2n) is 5.20. The van der Waals surface area contributed by atoms with E-state index in [0.717, 1.165) is 28.6 Å². The van der Waals surface area contributed by atoms with Crippen LogP contribution in [0.4, 0.5) is 5.69 Å². The molecule has 108 valence electrons. The Morgan fingerprint density at radius 1 is 1.40 bits per heavy atom. The normalized spacial score (nSPS) is 22.6. The van der Waals surface area contributed by atoms with Crippen LogP contribution in [0.2, 0.25) is 0 Å². The Morgan fingerprint density at radius 2 is 2.10 bits per heavy atom. The number of thiocarbonyl (C=S) groups is 1. The van der Waals surface area contributed by atoms with Gasteiger partial charge in [0.05, 0.1) is 5.92 Å². The van der Waals surface area contributed by atoms with Gasteiger partial charge in [-0.15, -0.1) is 0 Å². The van der Waals surface area contributed by atoms with Crippen molar-refractivity contribution in [1.29, 1.82) is 0 Å². The number of piperidine rings is 1. The molecule has 1 aromatic carbocycles. The average Bonchev–Trinajstić information content (AvgIpc) is 2.39. The zero-order valence-corrected chi connectivity index (χ0v) is 13.7. The Balaban J connectivity index is 2.38. The van der Waals surface area contributed by atoms with Crippen LogP contribution in [0, 0.1) is 5.92 Å². The quantitative estimate of drug-likeness (QED) is 0.815. The lowest BCUT2D eigenvalue weighted by Gasteiger charge is -2.39. The van der Waals surface area contributed by atoms with Crippen LogP contribution in [0.15, 0.2) is 22.7 Å². The monoisotopic (exact) mass is 355 g/mol. The Kier molecular flexibility index (Phi) is 4.65. The number of hydrogen-bond donors (Lipinski definition) is 2. The van der Waals surface area contributed by atoms with Crippen molar-refractivity contribution in [2.75, 3.05) is 11.4 Å². The smallest absolute Gasteiger partial charge is 0.222 e. The summed E-state index contributed by atoms with van der Waals surface area (Å²) in [5.41, 5.74) is 13.1. The largest absolute Gasteiger partial charge is 0.389 e. The number of halogens is 1. The predicted molar refractivity (Wildman–Crippen MR) is 88.8 cm³/mol. The van der Waals surface area contributed by atoms with E-state index in [1.165, 1.54) is 0 Å². The van der Waals surface area contributed by atoms with Crippen molar-refractivity contribution < 1.29 is 4.79 Å². The average molecular weight is 356 g/mol. The van der Waals surface area contributed by atoms with Crippen molar-refractivity contribution in [2.45, 2.75) is 25.8 Å². The highest BCUT2D eigenvalue weighted by molar-refractivity contribution is 9.10. The minimum absolute atomic E-state index is 0.117. The van der Waals surface area contributed by atoms with Gasteiger partial charge in [-0.2, -0.15) is 0 Å². The number of amides is 1. The Labute approximate surface area is 132 Å². The highest BCUT2D eigenvalue weighted by Gasteiger charge is 2.30. The third-order valence-corrected chi connectivity index (χ3v) is 4.53. The second-order valence-corrected chi connectivity index (χ2v) is 6.56. The molecule has 6 heteroatoms. The van der Waals surface area contributed by atoms with Gasteiger partial charge in [0.1, 0.15) is 4.99 Å². The van der Waals surface area contributed by atoms with Gasteiger partial charge in [-0.1, -0.05) is 28.1 Å². The fourth-order valence-corrected chi connectivity index (χ4v) is 3.16. The fraction of sp³-hybridized carbons (Fsp3) is 0.429. The summed E-state index contributed by atoms with van der Waals surface area (Å²) >= 11 is 8.57. The molecule has 1 saturated heterocycles. The van der Waals surface area contributed by atoms with E-state index in [0.29, 0.717) is 17.6 Å². The molecule has 2 unspecified atom stereocenters. The molecule has 1 amide bonds. The van der Waals surface area contributed by atoms with Crippen LogP contribution in [-0.4, -0.2) is 23.5 Å². The predicted octanol–water partition coefficient (Wildman–Crippen LogP) is 2.17. The van der Waals surface area contributed by atoms with Crippen LogP contribution < -0.4 is 16.4 Å². The first-order valence-corrected chi connectivity index (χ1v) is 7.75. The van der Waals surface area contributed by atoms with Crippen LogP contribution >= 0.6 is 28.1 Å². The van der Waals surface area contributed by atoms with Crippen molar-refractivity contribution in [3.8, 4) is 0 Å². The SMILES string of the molecule is CC1CCC(C(N)=O)CN1c1ccc(Br)cc1C(N)=S. The molecule has 1 aliphatic heterocycles. The number of nitrogens with two attached hydrogens (primary N) is 2. The highest BCUT2D eigenvalue weighted by atomic mass is 79.9. The standard InChI is InChI=1S/C14H18BrN3OS/c1-8-2-3-9(13(16)19)7-18(8)12-5-4-10(15)6-11(12)14(17)20/h4-6,8-9H,2-3,7H2,1H3,(H2,16,19)(H2,17,20). The van der Waals surface area contributed by atoms with Gasteiger partial charge < -0.3 is 16.4 Å². The van der Waals surface area contributed by atoms with Crippen LogP contribution in [0.1, 0.15) is 25.3 Å². The third kappa shape index (κ3) is 3.12. The fourth-order valence-electron chi connectivity index (χ4n) is 2.63. The molecule has 0 bridgehead atoms. The van der Waals surface area contributed by atoms with E-state index in [1.54, 1.807) is 0 Å². The molecule has 4 nitrogen and oxygen atoms in total. The number of nitrogens with zero attached hydrogens (tertiary/aromatic N) is 1. The second kappa shape index (κ2) is 6.10. The van der Waals surface area contributed by atoms with Gasteiger partial charge in [0.15, 0.2) is 0 Å². The first-order valence-electron chi connectivity index (χ1n) is 6.55. The molecule has 0 aromatic heterocycles. The maximum Gasteiger partial charge on any atom is 0.222 e. The Bertz CT molecular complexity index is 549. The van der Waals surface area contributed by atoms with Crippen LogP contribution in [0.5, 0.6) is 0 Å². The lowest BCUT2D eigenvalue weighted by atomic mass is 9.92. The first-order chi connectivity index (χ1) is 9.40. The van der Waals surface area contributed by atoms with E-state index in [9.17, 15) is 4.79 Å². The molecule has 0 saturated carbocycles. The molecular formula is C14H18BrN3OS. The van der Waals surface area contributed by atoms with E-state index in [2.05, 4.69) is 27.8 Å². The lowest BCUT2D eigenvalue weighted by Crippen LogP contribution is -2.46. The van der Waals surface area contributed by atoms with Gasteiger partial charge in [-0.25, -0.2) is 0 Å². The molecule has 1 fully saturated rings. The summed E-state index contributed by atoms with van der Waals surface area (Å²) in [6.45, 7) is 2.76. The lowest BCUT2D eigenvalue weighted by molar-refractivity contribution is -0.122. The Morgan fingerprint density at radius 3 is 2.70 bits per heavy atom. The maximum absolute atomic E-state index is 11.4. The first kappa shape index (κ1) is 15.3. The van der Waals surface area contributed by atoms with Crippen molar-refractivity contribution in [1.82, 2.24) is 0 Å². The zero-order valence-electron chi connectivity index (χ0n) is 11.3. The van der Waals surface area contributed by atoms with E-state index >= 15 is 0 Å². The number of anilines is 1. The Hall–Kier alpha value is -1.14. The van der Waals surface area contributed by atoms with Crippen molar-refractivity contribution >= 4 is 44.7 Å². The van der Waals surface area contributed by atoms with Crippen molar-refractivity contribution in [2.24, 2.45) is 17.4 Å². The summed E-state index contributed by atoms with van der Waals surface area (Å²) in [4.78, 5) is 14.0. The molecule has 0 aliphatic carbocycles. The molecular weight excluding hydrogens is 338 g/mol. The van der Waals surface area contributed by atoms with Gasteiger partial charge in [0.25, 0.3) is 0 Å². The van der Waals surface area contributed by atoms with Gasteiger partial charge in [0.2, 0.25) is 5.91 Å². The number of benzene rings is 1. The zero-order chi connectivity index (χ0) is 14.9. The number of primary amides is 1. The topological polar surface area (TPSA) is 72.4 Å². The van der Waals surface area contributed by atoms with Gasteiger partial charge in [0, 0.05) is 28.3 Å². The summed E-state index contributed by atoms with van der Waals surface area (Å²) in [6.07, 6.45) is 1.77. The summed E-state index contributed by atoms with van der Waals surface area (Å²) in [5.74, 6) is -0.357. The summed E-state index contributed by atoms with van der Waals surface area (Å²) < 4.78 is 0.931. The number of hydrogen-bond acceptors (Lipinski definition) is 3. The molecule has 0 spiro atoms. The van der Waals surface area contributed by atoms with Gasteiger partial charge >= 0.3 is 0 Å². The van der Waals surface area contributed by atoms with Crippen LogP contribution in [-0.2, 0) is 4.79 Å². The molecule has 2 atom stereocenters. The highest BCUT2D eigenvalue weighted by Crippen LogP contribution is 2.31. The molecule has 20 heavy (non-hydrogen) atoms. The third-order valence-electron chi connectivity index (χ3n) is 3.82. The molecule has 0 radical (unpaired) electrons. The van der Waals surface area contributed by atoms with E-state index < -0.39 is 0 Å². The summed E-state index contributed by atoms with van der Waals surface area (Å²) in [5, 5.41) is 0. The van der Waals surface area contributed by atoms with Crippen LogP contribution in [0.3, 0.4) is 0 Å². The molecule has 2 rings (SSSR count). The van der Waals surface area contributed by atoms with Crippen molar-refractivity contribution in [3.63, 3.8) is 0 Å². The minimum Gasteiger partial charge on any atom is -0.389 e. The van der Waals surface area contributed by atoms with Crippen LogP contribution in [0.25, 0.3) is 0 Å². The van der Waals surface area contributed by atoms with E-state index in [1.807, 2.05) is 18.2 Å². The number of rotatable bonds is 3. The molecule has 4 N–H and O–H groups in total. The molecule has 1 heterocycles. The van der Waals surface area contributed by atoms with E-state index in [-0.39, 0.29) is 11.8 Å². The van der Waals surface area contributed by atoms with Crippen molar-refractivity contribution in [3.05, 3.63) is 28.2 Å². The van der Waals surface area contributed by atoms with E-state index in [4.69, 9.17) is 23.7 Å². The number of carbonyl (C=O) groups is 1. The molecule has 1 aliphatic rings. The maximum atomic E-state index is 11.4. The van der Waals surface area contributed by atoms with Gasteiger partial charge in [-0.3, -0.25) is 4.79 Å². The summed E-state index contributed by atoms with van der Waals surface area (Å²) in [6, 6.07) is 6.19. The number of carbonyl (C=O) groups excluding carboxylic acids is 1. The molecule has 1 aromatic rings. The summed E-state index contributed by atoms with van der Waals surface area (Å²) in [7, 11) is 0. The minimum atomic E-state index is -0.240. The van der Waals surface area contributed by atoms with Gasteiger partial charge in [-0.05, 0) is 38.0 Å².